The molecular formula is C23H24N4O2. The predicted octanol–water partition coefficient (Wildman–Crippen LogP) is 4.33. The summed E-state index contributed by atoms with van der Waals surface area (Å²) in [5, 5.41) is 4.41. The fraction of sp³-hybridized carbons (Fsp3) is 0.261. The van der Waals surface area contributed by atoms with Crippen LogP contribution in [0.3, 0.4) is 0 Å². The number of ether oxygens (including phenoxy) is 1. The molecule has 0 aliphatic rings. The largest absolute Gasteiger partial charge is 0.494 e. The number of nitrogens with zero attached hydrogens (tertiary/aromatic N) is 2. The first-order chi connectivity index (χ1) is 13.9. The molecule has 4 rings (SSSR count). The van der Waals surface area contributed by atoms with Crippen molar-refractivity contribution in [3.63, 3.8) is 0 Å². The number of hydrogen-bond acceptors (Lipinski definition) is 5. The maximum absolute atomic E-state index is 12.6. The third-order valence-corrected chi connectivity index (χ3v) is 5.28. The minimum absolute atomic E-state index is 0.0917. The molecule has 0 bridgehead atoms. The van der Waals surface area contributed by atoms with Crippen LogP contribution in [0.25, 0.3) is 21.9 Å². The van der Waals surface area contributed by atoms with Gasteiger partial charge in [-0.3, -0.25) is 4.79 Å². The lowest BCUT2D eigenvalue weighted by molar-refractivity contribution is 0.418. The number of H-pyrrole nitrogens is 1. The Hall–Kier alpha value is -3.41. The zero-order valence-electron chi connectivity index (χ0n) is 17.3. The van der Waals surface area contributed by atoms with Crippen LogP contribution < -0.4 is 15.6 Å². The molecule has 0 saturated carbocycles. The molecule has 29 heavy (non-hydrogen) atoms. The first-order valence-corrected chi connectivity index (χ1v) is 9.56. The van der Waals surface area contributed by atoms with Gasteiger partial charge in [0.05, 0.1) is 24.2 Å². The van der Waals surface area contributed by atoms with Gasteiger partial charge in [0.1, 0.15) is 16.8 Å². The molecule has 6 nitrogen and oxygen atoms in total. The van der Waals surface area contributed by atoms with Gasteiger partial charge in [-0.1, -0.05) is 6.07 Å². The van der Waals surface area contributed by atoms with Crippen molar-refractivity contribution in [3.8, 4) is 5.75 Å². The number of aromatic nitrogens is 3. The molecule has 0 aliphatic carbocycles. The average molecular weight is 388 g/mol. The Morgan fingerprint density at radius 3 is 2.45 bits per heavy atom. The van der Waals surface area contributed by atoms with Crippen molar-refractivity contribution >= 4 is 27.6 Å². The lowest BCUT2D eigenvalue weighted by atomic mass is 10.0. The lowest BCUT2D eigenvalue weighted by Crippen LogP contribution is -2.16. The van der Waals surface area contributed by atoms with Crippen molar-refractivity contribution in [1.29, 1.82) is 0 Å². The Kier molecular flexibility index (Phi) is 4.70. The van der Waals surface area contributed by atoms with E-state index in [9.17, 15) is 4.79 Å². The van der Waals surface area contributed by atoms with Crippen molar-refractivity contribution in [1.82, 2.24) is 15.0 Å². The molecule has 2 aromatic carbocycles. The van der Waals surface area contributed by atoms with Gasteiger partial charge < -0.3 is 15.0 Å². The fourth-order valence-corrected chi connectivity index (χ4v) is 3.62. The van der Waals surface area contributed by atoms with Gasteiger partial charge in [-0.15, -0.1) is 0 Å². The highest BCUT2D eigenvalue weighted by Gasteiger charge is 2.13. The van der Waals surface area contributed by atoms with Crippen LogP contribution >= 0.6 is 0 Å². The van der Waals surface area contributed by atoms with Crippen molar-refractivity contribution in [2.75, 3.05) is 12.4 Å². The van der Waals surface area contributed by atoms with E-state index < -0.39 is 0 Å². The van der Waals surface area contributed by atoms with Gasteiger partial charge in [0.2, 0.25) is 0 Å². The number of benzene rings is 2. The Balaban J connectivity index is 1.74. The van der Waals surface area contributed by atoms with Crippen LogP contribution in [-0.4, -0.2) is 22.1 Å². The SMILES string of the molecule is COc1ccc(NCc2cc3c(C)cc(C)cc3[nH]c2=O)c2nc(C)c(C)nc12. The maximum atomic E-state index is 12.6. The van der Waals surface area contributed by atoms with Gasteiger partial charge in [-0.25, -0.2) is 9.97 Å². The smallest absolute Gasteiger partial charge is 0.253 e. The molecule has 0 fully saturated rings. The maximum Gasteiger partial charge on any atom is 0.253 e. The minimum Gasteiger partial charge on any atom is -0.494 e. The summed E-state index contributed by atoms with van der Waals surface area (Å²) in [6, 6.07) is 9.86. The van der Waals surface area contributed by atoms with Crippen LogP contribution in [-0.2, 0) is 6.54 Å². The molecule has 2 aromatic heterocycles. The first kappa shape index (κ1) is 18.9. The Morgan fingerprint density at radius 1 is 1.00 bits per heavy atom. The fourth-order valence-electron chi connectivity index (χ4n) is 3.62. The number of nitrogens with one attached hydrogen (secondary N) is 2. The number of pyridine rings is 1. The van der Waals surface area contributed by atoms with Gasteiger partial charge in [-0.05, 0) is 63.1 Å². The van der Waals surface area contributed by atoms with E-state index in [1.165, 1.54) is 0 Å². The highest BCUT2D eigenvalue weighted by Crippen LogP contribution is 2.30. The van der Waals surface area contributed by atoms with Crippen LogP contribution in [0, 0.1) is 27.7 Å². The molecule has 0 radical (unpaired) electrons. The third kappa shape index (κ3) is 3.42. The molecule has 2 N–H and O–H groups in total. The molecule has 6 heteroatoms. The van der Waals surface area contributed by atoms with Crippen molar-refractivity contribution in [2.24, 2.45) is 0 Å². The highest BCUT2D eigenvalue weighted by molar-refractivity contribution is 5.92. The van der Waals surface area contributed by atoms with Crippen LogP contribution in [0.5, 0.6) is 5.75 Å². The number of aromatic amines is 1. The van der Waals surface area contributed by atoms with Crippen molar-refractivity contribution < 1.29 is 4.74 Å². The van der Waals surface area contributed by atoms with E-state index in [0.717, 1.165) is 44.6 Å². The van der Waals surface area contributed by atoms with Crippen LogP contribution in [0.4, 0.5) is 5.69 Å². The molecule has 0 amide bonds. The number of methoxy groups -OCH3 is 1. The van der Waals surface area contributed by atoms with E-state index in [1.807, 2.05) is 45.0 Å². The summed E-state index contributed by atoms with van der Waals surface area (Å²) in [4.78, 5) is 24.9. The zero-order chi connectivity index (χ0) is 20.7. The molecule has 0 aliphatic heterocycles. The summed E-state index contributed by atoms with van der Waals surface area (Å²) in [6.45, 7) is 8.33. The summed E-state index contributed by atoms with van der Waals surface area (Å²) in [6.07, 6.45) is 0. The quantitative estimate of drug-likeness (QED) is 0.544. The number of hydrogen-bond donors (Lipinski definition) is 2. The zero-order valence-corrected chi connectivity index (χ0v) is 17.3. The van der Waals surface area contributed by atoms with Gasteiger partial charge in [-0.2, -0.15) is 0 Å². The van der Waals surface area contributed by atoms with Crippen LogP contribution in [0.15, 0.2) is 35.1 Å². The van der Waals surface area contributed by atoms with Gasteiger partial charge in [0, 0.05) is 23.0 Å². The molecule has 0 unspecified atom stereocenters. The monoisotopic (exact) mass is 388 g/mol. The van der Waals surface area contributed by atoms with E-state index in [4.69, 9.17) is 9.72 Å². The molecule has 148 valence electrons. The molecular weight excluding hydrogens is 364 g/mol. The van der Waals surface area contributed by atoms with E-state index in [0.29, 0.717) is 23.4 Å². The van der Waals surface area contributed by atoms with Gasteiger partial charge >= 0.3 is 0 Å². The number of fused-ring (bicyclic) bond motifs is 2. The minimum atomic E-state index is -0.0917. The Labute approximate surface area is 169 Å². The summed E-state index contributed by atoms with van der Waals surface area (Å²) < 4.78 is 5.44. The summed E-state index contributed by atoms with van der Waals surface area (Å²) >= 11 is 0. The predicted molar refractivity (Wildman–Crippen MR) is 117 cm³/mol. The number of aryl methyl sites for hydroxylation is 4. The van der Waals surface area contributed by atoms with Crippen molar-refractivity contribution in [2.45, 2.75) is 34.2 Å². The topological polar surface area (TPSA) is 79.9 Å². The molecule has 0 spiro atoms. The van der Waals surface area contributed by atoms with E-state index in [-0.39, 0.29) is 5.56 Å². The van der Waals surface area contributed by atoms with E-state index in [2.05, 4.69) is 28.3 Å². The van der Waals surface area contributed by atoms with Crippen LogP contribution in [0.2, 0.25) is 0 Å². The second kappa shape index (κ2) is 7.20. The number of anilines is 1. The lowest BCUT2D eigenvalue weighted by Gasteiger charge is -2.13. The molecule has 4 aromatic rings. The normalized spacial score (nSPS) is 11.2. The number of rotatable bonds is 4. The van der Waals surface area contributed by atoms with Crippen molar-refractivity contribution in [3.05, 3.63) is 68.8 Å². The second-order valence-electron chi connectivity index (χ2n) is 7.43. The standard InChI is InChI=1S/C23H24N4O2/c1-12-8-13(2)17-10-16(23(28)27-19(17)9-12)11-24-18-6-7-20(29-5)22-21(18)25-14(3)15(4)26-22/h6-10,24H,11H2,1-5H3,(H,27,28). The summed E-state index contributed by atoms with van der Waals surface area (Å²) in [5.74, 6) is 0.677. The second-order valence-corrected chi connectivity index (χ2v) is 7.43. The Morgan fingerprint density at radius 2 is 1.72 bits per heavy atom. The van der Waals surface area contributed by atoms with E-state index >= 15 is 0 Å². The first-order valence-electron chi connectivity index (χ1n) is 9.56. The van der Waals surface area contributed by atoms with Gasteiger partial charge in [0.15, 0.2) is 0 Å². The van der Waals surface area contributed by atoms with Crippen LogP contribution in [0.1, 0.15) is 28.1 Å². The summed E-state index contributed by atoms with van der Waals surface area (Å²) in [7, 11) is 1.62. The van der Waals surface area contributed by atoms with E-state index in [1.54, 1.807) is 7.11 Å². The molecule has 2 heterocycles. The molecule has 0 saturated heterocycles. The third-order valence-electron chi connectivity index (χ3n) is 5.28. The Bertz CT molecular complexity index is 1310. The average Bonchev–Trinajstić information content (AvgIpc) is 2.67. The highest BCUT2D eigenvalue weighted by atomic mass is 16.5. The molecule has 0 atom stereocenters. The summed E-state index contributed by atoms with van der Waals surface area (Å²) in [5.41, 5.74) is 7.70. The van der Waals surface area contributed by atoms with Gasteiger partial charge in [0.25, 0.3) is 5.56 Å².